The van der Waals surface area contributed by atoms with Crippen LogP contribution in [-0.4, -0.2) is 29.4 Å². The maximum absolute atomic E-state index is 13.3. The number of nitrogens with zero attached hydrogens (tertiary/aromatic N) is 1. The molecule has 1 heterocycles. The topological polar surface area (TPSA) is 32.3 Å². The van der Waals surface area contributed by atoms with Crippen molar-refractivity contribution in [2.45, 2.75) is 50.1 Å². The molecule has 4 rings (SSSR count). The number of amides is 1. The second-order valence-corrected chi connectivity index (χ2v) is 8.73. The molecule has 1 amide bonds. The van der Waals surface area contributed by atoms with Crippen LogP contribution in [0.1, 0.15) is 60.5 Å². The largest absolute Gasteiger partial charge is 0.343 e. The lowest BCUT2D eigenvalue weighted by Gasteiger charge is -2.45. The van der Waals surface area contributed by atoms with Crippen molar-refractivity contribution in [2.75, 3.05) is 13.1 Å². The summed E-state index contributed by atoms with van der Waals surface area (Å²) >= 11 is 12.6. The quantitative estimate of drug-likeness (QED) is 0.660. The van der Waals surface area contributed by atoms with Gasteiger partial charge in [0.05, 0.1) is 21.7 Å². The molecule has 2 aromatic rings. The number of carbonyl (C=O) groups excluding carboxylic acids is 1. The molecule has 148 valence electrons. The lowest BCUT2D eigenvalue weighted by atomic mass is 9.81. The zero-order valence-corrected chi connectivity index (χ0v) is 17.5. The van der Waals surface area contributed by atoms with Crippen molar-refractivity contribution in [3.8, 4) is 0 Å². The average molecular weight is 417 g/mol. The van der Waals surface area contributed by atoms with E-state index in [-0.39, 0.29) is 17.5 Å². The highest BCUT2D eigenvalue weighted by atomic mass is 35.5. The zero-order chi connectivity index (χ0) is 19.6. The fraction of sp³-hybridized carbons (Fsp3) is 0.435. The molecule has 2 aromatic carbocycles. The molecule has 1 aliphatic carbocycles. The van der Waals surface area contributed by atoms with E-state index in [4.69, 9.17) is 23.2 Å². The van der Waals surface area contributed by atoms with Crippen LogP contribution in [0, 0.1) is 0 Å². The molecule has 1 unspecified atom stereocenters. The van der Waals surface area contributed by atoms with E-state index in [9.17, 15) is 4.79 Å². The highest BCUT2D eigenvalue weighted by molar-refractivity contribution is 6.39. The van der Waals surface area contributed by atoms with Crippen LogP contribution in [-0.2, 0) is 0 Å². The summed E-state index contributed by atoms with van der Waals surface area (Å²) in [6, 6.07) is 15.5. The van der Waals surface area contributed by atoms with Crippen LogP contribution in [0.4, 0.5) is 0 Å². The molecule has 28 heavy (non-hydrogen) atoms. The van der Waals surface area contributed by atoms with Crippen molar-refractivity contribution < 1.29 is 4.79 Å². The number of likely N-dealkylation sites (tertiary alicyclic amines) is 1. The predicted octanol–water partition coefficient (Wildman–Crippen LogP) is 5.87. The van der Waals surface area contributed by atoms with E-state index in [0.29, 0.717) is 15.6 Å². The third-order valence-electron chi connectivity index (χ3n) is 6.34. The first kappa shape index (κ1) is 19.8. The molecular weight excluding hydrogens is 391 g/mol. The minimum Gasteiger partial charge on any atom is -0.343 e. The van der Waals surface area contributed by atoms with E-state index in [2.05, 4.69) is 22.3 Å². The summed E-state index contributed by atoms with van der Waals surface area (Å²) in [7, 11) is 0. The van der Waals surface area contributed by atoms with Gasteiger partial charge in [0.15, 0.2) is 0 Å². The first-order valence-corrected chi connectivity index (χ1v) is 10.9. The van der Waals surface area contributed by atoms with E-state index in [0.717, 1.165) is 31.5 Å². The Labute approximate surface area is 177 Å². The minimum atomic E-state index is -0.199. The molecule has 2 aliphatic rings. The van der Waals surface area contributed by atoms with E-state index >= 15 is 0 Å². The highest BCUT2D eigenvalue weighted by Gasteiger charge is 2.48. The number of halogens is 2. The summed E-state index contributed by atoms with van der Waals surface area (Å²) in [5, 5.41) is 4.12. The molecule has 0 aromatic heterocycles. The highest BCUT2D eigenvalue weighted by Crippen LogP contribution is 2.46. The van der Waals surface area contributed by atoms with Gasteiger partial charge < -0.3 is 5.32 Å². The lowest BCUT2D eigenvalue weighted by molar-refractivity contribution is 0.0643. The van der Waals surface area contributed by atoms with Gasteiger partial charge in [0, 0.05) is 5.54 Å². The fourth-order valence-electron chi connectivity index (χ4n) is 5.03. The van der Waals surface area contributed by atoms with Crippen LogP contribution < -0.4 is 5.32 Å². The molecule has 2 fully saturated rings. The zero-order valence-electron chi connectivity index (χ0n) is 16.0. The minimum absolute atomic E-state index is 0.0404. The van der Waals surface area contributed by atoms with Crippen molar-refractivity contribution in [3.05, 3.63) is 69.7 Å². The molecule has 1 atom stereocenters. The Kier molecular flexibility index (Phi) is 5.96. The van der Waals surface area contributed by atoms with Gasteiger partial charge in [-0.3, -0.25) is 9.69 Å². The van der Waals surface area contributed by atoms with E-state index in [1.165, 1.54) is 25.7 Å². The molecule has 3 nitrogen and oxygen atoms in total. The van der Waals surface area contributed by atoms with Crippen LogP contribution in [0.5, 0.6) is 0 Å². The lowest BCUT2D eigenvalue weighted by Crippen LogP contribution is -2.55. The Hall–Kier alpha value is -1.55. The van der Waals surface area contributed by atoms with Crippen molar-refractivity contribution in [1.29, 1.82) is 0 Å². The number of nitrogens with one attached hydrogen (secondary N) is 1. The number of hydrogen-bond donors (Lipinski definition) is 1. The first-order chi connectivity index (χ1) is 13.6. The maximum Gasteiger partial charge on any atom is 0.254 e. The Bertz CT molecular complexity index is 808. The molecule has 1 aliphatic heterocycles. The smallest absolute Gasteiger partial charge is 0.254 e. The van der Waals surface area contributed by atoms with E-state index < -0.39 is 0 Å². The molecule has 1 N–H and O–H groups in total. The van der Waals surface area contributed by atoms with Gasteiger partial charge in [-0.05, 0) is 56.5 Å². The number of carbonyl (C=O) groups is 1. The SMILES string of the molecule is O=C(NC(c1ccccc1)C1(N2CCCC2)CCCC1)c1c(Cl)cccc1Cl. The van der Waals surface area contributed by atoms with Crippen molar-refractivity contribution >= 4 is 29.1 Å². The summed E-state index contributed by atoms with van der Waals surface area (Å²) in [4.78, 5) is 15.9. The van der Waals surface area contributed by atoms with Crippen LogP contribution >= 0.6 is 23.2 Å². The third-order valence-corrected chi connectivity index (χ3v) is 6.97. The Morgan fingerprint density at radius 2 is 1.50 bits per heavy atom. The van der Waals surface area contributed by atoms with Gasteiger partial charge in [0.25, 0.3) is 5.91 Å². The second-order valence-electron chi connectivity index (χ2n) is 7.92. The van der Waals surface area contributed by atoms with Gasteiger partial charge in [-0.25, -0.2) is 0 Å². The maximum atomic E-state index is 13.3. The van der Waals surface area contributed by atoms with Gasteiger partial charge in [-0.1, -0.05) is 72.4 Å². The fourth-order valence-corrected chi connectivity index (χ4v) is 5.60. The molecule has 5 heteroatoms. The van der Waals surface area contributed by atoms with Gasteiger partial charge in [-0.2, -0.15) is 0 Å². The van der Waals surface area contributed by atoms with Crippen molar-refractivity contribution in [1.82, 2.24) is 10.2 Å². The summed E-state index contributed by atoms with van der Waals surface area (Å²) < 4.78 is 0. The van der Waals surface area contributed by atoms with Gasteiger partial charge in [0.1, 0.15) is 0 Å². The molecule has 1 saturated heterocycles. The molecular formula is C23H26Cl2N2O. The van der Waals surface area contributed by atoms with Crippen LogP contribution in [0.3, 0.4) is 0 Å². The van der Waals surface area contributed by atoms with E-state index in [1.807, 2.05) is 18.2 Å². The van der Waals surface area contributed by atoms with Crippen LogP contribution in [0.15, 0.2) is 48.5 Å². The summed E-state index contributed by atoms with van der Waals surface area (Å²) in [5.41, 5.74) is 1.47. The van der Waals surface area contributed by atoms with Gasteiger partial charge >= 0.3 is 0 Å². The van der Waals surface area contributed by atoms with Crippen LogP contribution in [0.25, 0.3) is 0 Å². The Morgan fingerprint density at radius 3 is 2.11 bits per heavy atom. The van der Waals surface area contributed by atoms with Crippen molar-refractivity contribution in [3.63, 3.8) is 0 Å². The van der Waals surface area contributed by atoms with E-state index in [1.54, 1.807) is 18.2 Å². The number of benzene rings is 2. The Morgan fingerprint density at radius 1 is 0.893 bits per heavy atom. The molecule has 0 spiro atoms. The van der Waals surface area contributed by atoms with Gasteiger partial charge in [-0.15, -0.1) is 0 Å². The summed E-state index contributed by atoms with van der Waals surface area (Å²) in [6.07, 6.45) is 7.05. The second kappa shape index (κ2) is 8.44. The number of rotatable bonds is 5. The number of hydrogen-bond acceptors (Lipinski definition) is 2. The van der Waals surface area contributed by atoms with Crippen LogP contribution in [0.2, 0.25) is 10.0 Å². The summed E-state index contributed by atoms with van der Waals surface area (Å²) in [6.45, 7) is 2.21. The monoisotopic (exact) mass is 416 g/mol. The van der Waals surface area contributed by atoms with Crippen molar-refractivity contribution in [2.24, 2.45) is 0 Å². The predicted molar refractivity (Wildman–Crippen MR) is 115 cm³/mol. The summed E-state index contributed by atoms with van der Waals surface area (Å²) in [5.74, 6) is -0.199. The molecule has 0 radical (unpaired) electrons. The normalized spacial score (nSPS) is 20.2. The third kappa shape index (κ3) is 3.68. The average Bonchev–Trinajstić information content (AvgIpc) is 3.39. The standard InChI is InChI=1S/C23H26Cl2N2O/c24-18-11-8-12-19(25)20(18)22(28)26-21(17-9-2-1-3-10-17)23(13-4-5-14-23)27-15-6-7-16-27/h1-3,8-12,21H,4-7,13-16H2,(H,26,28). The van der Waals surface area contributed by atoms with Gasteiger partial charge in [0.2, 0.25) is 0 Å². The molecule has 0 bridgehead atoms. The first-order valence-electron chi connectivity index (χ1n) is 10.2. The Balaban J connectivity index is 1.73. The molecule has 1 saturated carbocycles.